The highest BCUT2D eigenvalue weighted by molar-refractivity contribution is 5.45. The maximum atomic E-state index is 4.93. The van der Waals surface area contributed by atoms with Crippen LogP contribution in [0.15, 0.2) is 34.0 Å². The number of aromatic nitrogens is 2. The fourth-order valence-electron chi connectivity index (χ4n) is 0.675. The third kappa shape index (κ3) is 0.699. The lowest BCUT2D eigenvalue weighted by atomic mass is 10.4. The number of oxazole rings is 2. The summed E-state index contributed by atoms with van der Waals surface area (Å²) >= 11 is 0. The number of hydrogen-bond acceptors (Lipinski definition) is 4. The first-order chi connectivity index (χ1) is 4.97. The Morgan fingerprint density at radius 3 is 1.70 bits per heavy atom. The van der Waals surface area contributed by atoms with Crippen LogP contribution in [-0.4, -0.2) is 9.97 Å². The van der Waals surface area contributed by atoms with Crippen molar-refractivity contribution in [2.45, 2.75) is 0 Å². The molecular weight excluding hydrogens is 132 g/mol. The van der Waals surface area contributed by atoms with E-state index in [2.05, 4.69) is 9.97 Å². The van der Waals surface area contributed by atoms with Gasteiger partial charge in [0.25, 0.3) is 0 Å². The molecule has 0 saturated heterocycles. The molecule has 4 nitrogen and oxygen atoms in total. The molecule has 2 aromatic rings. The van der Waals surface area contributed by atoms with Crippen molar-refractivity contribution in [2.24, 2.45) is 0 Å². The molecule has 0 aliphatic carbocycles. The van der Waals surface area contributed by atoms with E-state index >= 15 is 0 Å². The summed E-state index contributed by atoms with van der Waals surface area (Å²) in [4.78, 5) is 7.45. The number of rotatable bonds is 1. The largest absolute Gasteiger partial charge is 0.440 e. The molecule has 0 radical (unpaired) electrons. The summed E-state index contributed by atoms with van der Waals surface area (Å²) in [5, 5.41) is 0. The van der Waals surface area contributed by atoms with E-state index in [1.165, 1.54) is 12.8 Å². The van der Waals surface area contributed by atoms with Crippen LogP contribution in [0.2, 0.25) is 0 Å². The SMILES string of the molecule is c1ncc(-c2cnco2)o1. The van der Waals surface area contributed by atoms with E-state index in [9.17, 15) is 0 Å². The van der Waals surface area contributed by atoms with Gasteiger partial charge in [0.1, 0.15) is 0 Å². The van der Waals surface area contributed by atoms with Gasteiger partial charge in [0.05, 0.1) is 12.4 Å². The van der Waals surface area contributed by atoms with Gasteiger partial charge in [-0.1, -0.05) is 0 Å². The zero-order chi connectivity index (χ0) is 6.81. The van der Waals surface area contributed by atoms with Gasteiger partial charge in [-0.15, -0.1) is 0 Å². The third-order valence-electron chi connectivity index (χ3n) is 1.11. The van der Waals surface area contributed by atoms with Crippen molar-refractivity contribution >= 4 is 0 Å². The molecule has 0 aliphatic rings. The van der Waals surface area contributed by atoms with Crippen molar-refractivity contribution < 1.29 is 8.83 Å². The molecule has 50 valence electrons. The summed E-state index contributed by atoms with van der Waals surface area (Å²) in [6.07, 6.45) is 5.83. The third-order valence-corrected chi connectivity index (χ3v) is 1.11. The summed E-state index contributed by atoms with van der Waals surface area (Å²) in [5.74, 6) is 1.19. The quantitative estimate of drug-likeness (QED) is 0.593. The summed E-state index contributed by atoms with van der Waals surface area (Å²) in [5.41, 5.74) is 0. The zero-order valence-corrected chi connectivity index (χ0v) is 5.02. The minimum absolute atomic E-state index is 0.595. The van der Waals surface area contributed by atoms with Crippen LogP contribution in [0.4, 0.5) is 0 Å². The van der Waals surface area contributed by atoms with Gasteiger partial charge < -0.3 is 8.83 Å². The standard InChI is InChI=1S/C6H4N2O2/c1-5(9-3-7-1)6-2-8-4-10-6/h1-4H. The summed E-state index contributed by atoms with van der Waals surface area (Å²) in [7, 11) is 0. The maximum Gasteiger partial charge on any atom is 0.191 e. The van der Waals surface area contributed by atoms with Gasteiger partial charge in [0.15, 0.2) is 24.3 Å². The second-order valence-corrected chi connectivity index (χ2v) is 1.73. The zero-order valence-electron chi connectivity index (χ0n) is 5.02. The van der Waals surface area contributed by atoms with Crippen LogP contribution in [0.5, 0.6) is 0 Å². The smallest absolute Gasteiger partial charge is 0.191 e. The molecule has 2 aromatic heterocycles. The first-order valence-electron chi connectivity index (χ1n) is 2.74. The summed E-state index contributed by atoms with van der Waals surface area (Å²) < 4.78 is 9.87. The molecular formula is C6H4N2O2. The van der Waals surface area contributed by atoms with Crippen LogP contribution in [0.1, 0.15) is 0 Å². The number of nitrogens with zero attached hydrogens (tertiary/aromatic N) is 2. The van der Waals surface area contributed by atoms with Crippen LogP contribution >= 0.6 is 0 Å². The fourth-order valence-corrected chi connectivity index (χ4v) is 0.675. The van der Waals surface area contributed by atoms with Crippen LogP contribution in [0.25, 0.3) is 11.5 Å². The fraction of sp³-hybridized carbons (Fsp3) is 0. The van der Waals surface area contributed by atoms with E-state index in [0.29, 0.717) is 11.5 Å². The lowest BCUT2D eigenvalue weighted by Gasteiger charge is -1.81. The monoisotopic (exact) mass is 136 g/mol. The van der Waals surface area contributed by atoms with E-state index in [1.807, 2.05) is 0 Å². The molecule has 4 heteroatoms. The molecule has 0 unspecified atom stereocenters. The topological polar surface area (TPSA) is 52.1 Å². The average molecular weight is 136 g/mol. The molecule has 0 aromatic carbocycles. The van der Waals surface area contributed by atoms with Crippen LogP contribution < -0.4 is 0 Å². The molecule has 0 N–H and O–H groups in total. The van der Waals surface area contributed by atoms with Gasteiger partial charge in [-0.25, -0.2) is 9.97 Å². The van der Waals surface area contributed by atoms with Gasteiger partial charge in [-0.05, 0) is 0 Å². The Morgan fingerprint density at radius 2 is 1.40 bits per heavy atom. The van der Waals surface area contributed by atoms with Crippen molar-refractivity contribution in [3.05, 3.63) is 25.2 Å². The van der Waals surface area contributed by atoms with Gasteiger partial charge in [-0.3, -0.25) is 0 Å². The molecule has 2 heterocycles. The van der Waals surface area contributed by atoms with Gasteiger partial charge in [0.2, 0.25) is 0 Å². The predicted octanol–water partition coefficient (Wildman–Crippen LogP) is 1.33. The van der Waals surface area contributed by atoms with Gasteiger partial charge in [0, 0.05) is 0 Å². The predicted molar refractivity (Wildman–Crippen MR) is 32.0 cm³/mol. The van der Waals surface area contributed by atoms with E-state index in [4.69, 9.17) is 8.83 Å². The highest BCUT2D eigenvalue weighted by Crippen LogP contribution is 2.16. The van der Waals surface area contributed by atoms with Gasteiger partial charge in [-0.2, -0.15) is 0 Å². The Morgan fingerprint density at radius 1 is 0.900 bits per heavy atom. The Hall–Kier alpha value is -1.58. The Balaban J connectivity index is 2.48. The second-order valence-electron chi connectivity index (χ2n) is 1.73. The molecule has 0 amide bonds. The van der Waals surface area contributed by atoms with E-state index in [1.54, 1.807) is 12.4 Å². The van der Waals surface area contributed by atoms with Crippen LogP contribution in [0.3, 0.4) is 0 Å². The summed E-state index contributed by atoms with van der Waals surface area (Å²) in [6.45, 7) is 0. The first-order valence-corrected chi connectivity index (χ1v) is 2.74. The lowest BCUT2D eigenvalue weighted by Crippen LogP contribution is -1.63. The molecule has 0 fully saturated rings. The molecule has 0 atom stereocenters. The normalized spacial score (nSPS) is 10.0. The Kier molecular flexibility index (Phi) is 1.04. The van der Waals surface area contributed by atoms with Crippen molar-refractivity contribution in [2.75, 3.05) is 0 Å². The van der Waals surface area contributed by atoms with Crippen molar-refractivity contribution in [3.63, 3.8) is 0 Å². The summed E-state index contributed by atoms with van der Waals surface area (Å²) in [6, 6.07) is 0. The van der Waals surface area contributed by atoms with Crippen LogP contribution in [-0.2, 0) is 0 Å². The van der Waals surface area contributed by atoms with E-state index < -0.39 is 0 Å². The maximum absolute atomic E-state index is 4.93. The molecule has 0 saturated carbocycles. The first kappa shape index (κ1) is 5.22. The highest BCUT2D eigenvalue weighted by atomic mass is 16.4. The van der Waals surface area contributed by atoms with E-state index in [-0.39, 0.29) is 0 Å². The Labute approximate surface area is 56.5 Å². The number of hydrogen-bond donors (Lipinski definition) is 0. The molecule has 0 aliphatic heterocycles. The molecule has 0 bridgehead atoms. The lowest BCUT2D eigenvalue weighted by molar-refractivity contribution is 0.517. The van der Waals surface area contributed by atoms with Crippen LogP contribution in [0, 0.1) is 0 Å². The minimum atomic E-state index is 0.595. The average Bonchev–Trinajstić information content (AvgIpc) is 2.59. The van der Waals surface area contributed by atoms with E-state index in [0.717, 1.165) is 0 Å². The second kappa shape index (κ2) is 1.98. The highest BCUT2D eigenvalue weighted by Gasteiger charge is 2.02. The minimum Gasteiger partial charge on any atom is -0.440 e. The Bertz CT molecular complexity index is 253. The molecule has 10 heavy (non-hydrogen) atoms. The van der Waals surface area contributed by atoms with Crippen molar-refractivity contribution in [1.82, 2.24) is 9.97 Å². The van der Waals surface area contributed by atoms with Crippen molar-refractivity contribution in [1.29, 1.82) is 0 Å². The van der Waals surface area contributed by atoms with Crippen molar-refractivity contribution in [3.8, 4) is 11.5 Å². The molecule has 0 spiro atoms. The van der Waals surface area contributed by atoms with Gasteiger partial charge >= 0.3 is 0 Å². The molecule has 2 rings (SSSR count).